The maximum Gasteiger partial charge on any atom is 0.265 e. The Hall–Kier alpha value is -3.94. The molecule has 0 unspecified atom stereocenters. The van der Waals surface area contributed by atoms with Crippen LogP contribution in [0.5, 0.6) is 11.5 Å². The highest BCUT2D eigenvalue weighted by molar-refractivity contribution is 6.06. The van der Waals surface area contributed by atoms with Gasteiger partial charge in [-0.3, -0.25) is 13.9 Å². The van der Waals surface area contributed by atoms with E-state index < -0.39 is 0 Å². The molecule has 0 amide bonds. The fourth-order valence-corrected chi connectivity index (χ4v) is 4.77. The van der Waals surface area contributed by atoms with Gasteiger partial charge in [-0.25, -0.2) is 15.0 Å². The van der Waals surface area contributed by atoms with Crippen LogP contribution in [0.3, 0.4) is 0 Å². The van der Waals surface area contributed by atoms with Crippen LogP contribution in [0.25, 0.3) is 38.9 Å². The van der Waals surface area contributed by atoms with Crippen molar-refractivity contribution in [3.8, 4) is 17.2 Å². The first kappa shape index (κ1) is 23.8. The second kappa shape index (κ2) is 9.97. The van der Waals surface area contributed by atoms with E-state index in [1.54, 1.807) is 18.8 Å². The summed E-state index contributed by atoms with van der Waals surface area (Å²) in [6, 6.07) is 13.2. The Morgan fingerprint density at radius 2 is 1.61 bits per heavy atom. The van der Waals surface area contributed by atoms with Crippen molar-refractivity contribution in [2.24, 2.45) is 0 Å². The number of aryl methyl sites for hydroxylation is 1. The third-order valence-corrected chi connectivity index (χ3v) is 6.67. The molecule has 0 bridgehead atoms. The average molecular weight is 486 g/mol. The normalized spacial score (nSPS) is 11.6. The van der Waals surface area contributed by atoms with Gasteiger partial charge in [-0.05, 0) is 37.6 Å². The summed E-state index contributed by atoms with van der Waals surface area (Å²) in [5.41, 5.74) is 3.73. The van der Waals surface area contributed by atoms with E-state index >= 15 is 0 Å². The molecule has 5 aromatic rings. The lowest BCUT2D eigenvalue weighted by Gasteiger charge is -2.14. The molecule has 0 saturated heterocycles. The molecule has 36 heavy (non-hydrogen) atoms. The van der Waals surface area contributed by atoms with Crippen LogP contribution in [0.2, 0.25) is 0 Å². The number of aromatic nitrogens is 5. The summed E-state index contributed by atoms with van der Waals surface area (Å²) in [6.45, 7) is 4.72. The lowest BCUT2D eigenvalue weighted by molar-refractivity contribution is 0.393. The minimum atomic E-state index is -0.0891. The Bertz CT molecular complexity index is 1620. The fourth-order valence-electron chi connectivity index (χ4n) is 4.77. The van der Waals surface area contributed by atoms with Crippen molar-refractivity contribution in [3.05, 3.63) is 58.6 Å². The van der Waals surface area contributed by atoms with Crippen LogP contribution in [0, 0.1) is 6.92 Å². The zero-order valence-electron chi connectivity index (χ0n) is 21.2. The van der Waals surface area contributed by atoms with Crippen LogP contribution in [-0.4, -0.2) is 38.3 Å². The largest absolute Gasteiger partial charge is 0.497 e. The molecule has 8 nitrogen and oxygen atoms in total. The minimum absolute atomic E-state index is 0.0891. The number of para-hydroxylation sites is 2. The van der Waals surface area contributed by atoms with Gasteiger partial charge in [0.15, 0.2) is 11.3 Å². The molecule has 186 valence electrons. The average Bonchev–Trinajstić information content (AvgIpc) is 3.20. The first-order valence-corrected chi connectivity index (χ1v) is 12.5. The highest BCUT2D eigenvalue weighted by Gasteiger charge is 2.24. The van der Waals surface area contributed by atoms with Crippen LogP contribution >= 0.6 is 0 Å². The maximum absolute atomic E-state index is 13.9. The molecule has 8 heteroatoms. The standard InChI is InChI=1S/C28H31N5O3/c1-5-6-7-8-11-16-32-18(2)29-26-24(28(32)34)25-27(31-21-13-10-9-12-20(21)30-25)33(26)22-15-14-19(35-3)17-23(22)36-4/h9-10,12-15,17H,5-8,11,16H2,1-4H3. The summed E-state index contributed by atoms with van der Waals surface area (Å²) < 4.78 is 14.8. The Kier molecular flexibility index (Phi) is 6.59. The van der Waals surface area contributed by atoms with E-state index in [1.165, 1.54) is 19.3 Å². The van der Waals surface area contributed by atoms with Gasteiger partial charge in [0, 0.05) is 12.6 Å². The molecule has 0 aliphatic heterocycles. The lowest BCUT2D eigenvalue weighted by Crippen LogP contribution is -2.24. The second-order valence-electron chi connectivity index (χ2n) is 8.99. The molecular formula is C28H31N5O3. The third kappa shape index (κ3) is 4.06. The van der Waals surface area contributed by atoms with Crippen LogP contribution in [0.4, 0.5) is 0 Å². The number of unbranched alkanes of at least 4 members (excludes halogenated alkanes) is 4. The zero-order valence-corrected chi connectivity index (χ0v) is 21.2. The molecule has 0 aliphatic carbocycles. The Morgan fingerprint density at radius 1 is 0.861 bits per heavy atom. The van der Waals surface area contributed by atoms with E-state index in [2.05, 4.69) is 6.92 Å². The van der Waals surface area contributed by atoms with Crippen LogP contribution in [0.15, 0.2) is 47.3 Å². The fraction of sp³-hybridized carbons (Fsp3) is 0.357. The zero-order chi connectivity index (χ0) is 25.2. The number of hydrogen-bond acceptors (Lipinski definition) is 6. The second-order valence-corrected chi connectivity index (χ2v) is 8.99. The third-order valence-electron chi connectivity index (χ3n) is 6.67. The van der Waals surface area contributed by atoms with Gasteiger partial charge < -0.3 is 9.47 Å². The van der Waals surface area contributed by atoms with Crippen molar-refractivity contribution < 1.29 is 9.47 Å². The van der Waals surface area contributed by atoms with E-state index in [-0.39, 0.29) is 5.56 Å². The Labute approximate surface area is 209 Å². The topological polar surface area (TPSA) is 84.1 Å². The van der Waals surface area contributed by atoms with Gasteiger partial charge >= 0.3 is 0 Å². The molecule has 3 aromatic heterocycles. The number of methoxy groups -OCH3 is 2. The molecule has 3 heterocycles. The monoisotopic (exact) mass is 485 g/mol. The van der Waals surface area contributed by atoms with Crippen molar-refractivity contribution in [1.29, 1.82) is 0 Å². The van der Waals surface area contributed by atoms with E-state index in [0.29, 0.717) is 51.8 Å². The SMILES string of the molecule is CCCCCCCn1c(C)nc2c(c1=O)c1nc3ccccc3nc1n2-c1ccc(OC)cc1OC. The van der Waals surface area contributed by atoms with Crippen molar-refractivity contribution in [2.75, 3.05) is 14.2 Å². The number of hydrogen-bond donors (Lipinski definition) is 0. The number of nitrogens with zero attached hydrogens (tertiary/aromatic N) is 5. The van der Waals surface area contributed by atoms with Gasteiger partial charge in [0.25, 0.3) is 5.56 Å². The summed E-state index contributed by atoms with van der Waals surface area (Å²) >= 11 is 0. The minimum Gasteiger partial charge on any atom is -0.497 e. The van der Waals surface area contributed by atoms with Crippen LogP contribution < -0.4 is 15.0 Å². The highest BCUT2D eigenvalue weighted by Crippen LogP contribution is 2.34. The van der Waals surface area contributed by atoms with Crippen LogP contribution in [0.1, 0.15) is 44.9 Å². The Balaban J connectivity index is 1.79. The molecule has 0 spiro atoms. The first-order chi connectivity index (χ1) is 17.6. The molecule has 5 rings (SSSR count). The van der Waals surface area contributed by atoms with Gasteiger partial charge in [-0.15, -0.1) is 0 Å². The van der Waals surface area contributed by atoms with E-state index in [1.807, 2.05) is 54.0 Å². The molecule has 2 aromatic carbocycles. The first-order valence-electron chi connectivity index (χ1n) is 12.5. The summed E-state index contributed by atoms with van der Waals surface area (Å²) in [5.74, 6) is 1.93. The van der Waals surface area contributed by atoms with Crippen molar-refractivity contribution in [1.82, 2.24) is 24.1 Å². The lowest BCUT2D eigenvalue weighted by atomic mass is 10.1. The number of ether oxygens (including phenoxy) is 2. The van der Waals surface area contributed by atoms with E-state index in [4.69, 9.17) is 24.4 Å². The predicted molar refractivity (Wildman–Crippen MR) is 143 cm³/mol. The summed E-state index contributed by atoms with van der Waals surface area (Å²) in [7, 11) is 3.22. The molecular weight excluding hydrogens is 454 g/mol. The molecule has 0 aliphatic rings. The van der Waals surface area contributed by atoms with Gasteiger partial charge in [0.05, 0.1) is 30.9 Å². The molecule has 0 fully saturated rings. The Morgan fingerprint density at radius 3 is 2.33 bits per heavy atom. The van der Waals surface area contributed by atoms with E-state index in [0.717, 1.165) is 23.9 Å². The van der Waals surface area contributed by atoms with Gasteiger partial charge in [0.1, 0.15) is 28.2 Å². The predicted octanol–water partition coefficient (Wildman–Crippen LogP) is 5.58. The van der Waals surface area contributed by atoms with Gasteiger partial charge in [0.2, 0.25) is 0 Å². The molecule has 0 radical (unpaired) electrons. The van der Waals surface area contributed by atoms with Gasteiger partial charge in [-0.1, -0.05) is 44.7 Å². The summed E-state index contributed by atoms with van der Waals surface area (Å²) in [6.07, 6.45) is 5.60. The van der Waals surface area contributed by atoms with Crippen molar-refractivity contribution in [2.45, 2.75) is 52.5 Å². The summed E-state index contributed by atoms with van der Waals surface area (Å²) in [5, 5.41) is 0.472. The van der Waals surface area contributed by atoms with Crippen molar-refractivity contribution in [3.63, 3.8) is 0 Å². The number of rotatable bonds is 9. The molecule has 0 saturated carbocycles. The smallest absolute Gasteiger partial charge is 0.265 e. The summed E-state index contributed by atoms with van der Waals surface area (Å²) in [4.78, 5) is 28.7. The number of benzene rings is 2. The maximum atomic E-state index is 13.9. The highest BCUT2D eigenvalue weighted by atomic mass is 16.5. The number of fused-ring (bicyclic) bond motifs is 4. The van der Waals surface area contributed by atoms with Gasteiger partial charge in [-0.2, -0.15) is 0 Å². The van der Waals surface area contributed by atoms with E-state index in [9.17, 15) is 4.79 Å². The quantitative estimate of drug-likeness (QED) is 0.254. The van der Waals surface area contributed by atoms with Crippen LogP contribution in [-0.2, 0) is 6.54 Å². The van der Waals surface area contributed by atoms with Crippen molar-refractivity contribution >= 4 is 33.2 Å². The molecule has 0 N–H and O–H groups in total. The molecule has 0 atom stereocenters.